The second-order valence-electron chi connectivity index (χ2n) is 22.9. The number of ether oxygens (including phenoxy) is 3. The van der Waals surface area contributed by atoms with E-state index in [-0.39, 0.29) is 31.1 Å². The van der Waals surface area contributed by atoms with Crippen LogP contribution in [0.1, 0.15) is 374 Å². The van der Waals surface area contributed by atoms with Crippen molar-refractivity contribution in [2.45, 2.75) is 381 Å². The summed E-state index contributed by atoms with van der Waals surface area (Å²) in [5, 5.41) is 0. The molecule has 0 N–H and O–H groups in total. The van der Waals surface area contributed by atoms with Gasteiger partial charge in [-0.1, -0.05) is 336 Å². The molecule has 0 saturated heterocycles. The first-order valence-electron chi connectivity index (χ1n) is 32.4. The number of unbranched alkanes of at least 4 members (excludes halogenated alkanes) is 47. The minimum Gasteiger partial charge on any atom is -0.462 e. The number of rotatable bonds is 60. The predicted molar refractivity (Wildman–Crippen MR) is 307 cm³/mol. The molecular weight excluding hydrogens is 877 g/mol. The van der Waals surface area contributed by atoms with E-state index in [0.29, 0.717) is 19.3 Å². The Morgan fingerprint density at radius 1 is 0.268 bits per heavy atom. The Bertz CT molecular complexity index is 1070. The van der Waals surface area contributed by atoms with Gasteiger partial charge in [-0.2, -0.15) is 0 Å². The molecule has 0 rings (SSSR count). The molecule has 0 fully saturated rings. The molecule has 0 radical (unpaired) electrons. The van der Waals surface area contributed by atoms with Crippen LogP contribution in [0.5, 0.6) is 0 Å². The molecule has 6 nitrogen and oxygen atoms in total. The topological polar surface area (TPSA) is 78.9 Å². The van der Waals surface area contributed by atoms with Gasteiger partial charge in [-0.25, -0.2) is 0 Å². The summed E-state index contributed by atoms with van der Waals surface area (Å²) in [6.45, 7) is 9.10. The molecule has 422 valence electrons. The highest BCUT2D eigenvalue weighted by Crippen LogP contribution is 2.19. The Hall–Kier alpha value is -1.59. The normalized spacial score (nSPS) is 12.0. The van der Waals surface area contributed by atoms with Gasteiger partial charge in [0.1, 0.15) is 13.2 Å². The van der Waals surface area contributed by atoms with Crippen LogP contribution in [0.15, 0.2) is 0 Å². The molecule has 0 aliphatic carbocycles. The third kappa shape index (κ3) is 59.2. The summed E-state index contributed by atoms with van der Waals surface area (Å²) in [5.74, 6) is 0.0313. The fraction of sp³-hybridized carbons (Fsp3) is 0.954. The van der Waals surface area contributed by atoms with Gasteiger partial charge in [0.05, 0.1) is 0 Å². The quantitative estimate of drug-likeness (QED) is 0.0343. The lowest BCUT2D eigenvalue weighted by Gasteiger charge is -2.18. The molecule has 1 atom stereocenters. The number of carbonyl (C=O) groups excluding carboxylic acids is 3. The molecule has 0 bridgehead atoms. The molecule has 0 spiro atoms. The van der Waals surface area contributed by atoms with E-state index in [1.165, 1.54) is 270 Å². The summed E-state index contributed by atoms with van der Waals surface area (Å²) in [6, 6.07) is 0. The van der Waals surface area contributed by atoms with Crippen LogP contribution in [-0.2, 0) is 28.6 Å². The van der Waals surface area contributed by atoms with E-state index in [1.54, 1.807) is 0 Å². The standard InChI is InChI=1S/C65H126O6/c1-5-7-9-11-13-15-17-19-20-21-22-26-29-33-37-41-45-49-53-57-64(67)70-60-62(59-69-63(66)56-52-48-44-40-36-31-18-16-14-12-10-8-6-2)71-65(68)58-54-50-46-42-38-34-30-27-24-23-25-28-32-35-39-43-47-51-55-61(3)4/h61-62H,5-60H2,1-4H3/t62-/m1/s1. The molecule has 0 aliphatic rings. The summed E-state index contributed by atoms with van der Waals surface area (Å²) in [4.78, 5) is 38.3. The van der Waals surface area contributed by atoms with Gasteiger partial charge in [-0.15, -0.1) is 0 Å². The molecule has 0 unspecified atom stereocenters. The van der Waals surface area contributed by atoms with Crippen molar-refractivity contribution in [1.29, 1.82) is 0 Å². The van der Waals surface area contributed by atoms with Crippen molar-refractivity contribution < 1.29 is 28.6 Å². The van der Waals surface area contributed by atoms with Crippen LogP contribution >= 0.6 is 0 Å². The largest absolute Gasteiger partial charge is 0.462 e. The van der Waals surface area contributed by atoms with Crippen LogP contribution in [0, 0.1) is 5.92 Å². The molecule has 0 amide bonds. The van der Waals surface area contributed by atoms with Gasteiger partial charge in [0.2, 0.25) is 0 Å². The van der Waals surface area contributed by atoms with Crippen molar-refractivity contribution in [2.75, 3.05) is 13.2 Å². The number of hydrogen-bond donors (Lipinski definition) is 0. The van der Waals surface area contributed by atoms with E-state index < -0.39 is 6.10 Å². The molecule has 0 saturated carbocycles. The summed E-state index contributed by atoms with van der Waals surface area (Å²) < 4.78 is 17.0. The minimum atomic E-state index is -0.763. The lowest BCUT2D eigenvalue weighted by Crippen LogP contribution is -2.30. The van der Waals surface area contributed by atoms with Gasteiger partial charge in [-0.3, -0.25) is 14.4 Å². The fourth-order valence-corrected chi connectivity index (χ4v) is 10.2. The van der Waals surface area contributed by atoms with Crippen molar-refractivity contribution in [2.24, 2.45) is 5.92 Å². The van der Waals surface area contributed by atoms with Gasteiger partial charge in [0, 0.05) is 19.3 Å². The maximum absolute atomic E-state index is 12.9. The molecule has 0 heterocycles. The Balaban J connectivity index is 4.24. The summed E-state index contributed by atoms with van der Waals surface area (Å²) in [6.07, 6.45) is 66.8. The summed E-state index contributed by atoms with van der Waals surface area (Å²) >= 11 is 0. The van der Waals surface area contributed by atoms with Crippen LogP contribution in [0.3, 0.4) is 0 Å². The Morgan fingerprint density at radius 2 is 0.465 bits per heavy atom. The van der Waals surface area contributed by atoms with Crippen molar-refractivity contribution in [3.8, 4) is 0 Å². The van der Waals surface area contributed by atoms with Crippen molar-refractivity contribution in [3.05, 3.63) is 0 Å². The van der Waals surface area contributed by atoms with Crippen LogP contribution in [0.25, 0.3) is 0 Å². The lowest BCUT2D eigenvalue weighted by atomic mass is 10.0. The van der Waals surface area contributed by atoms with Crippen LogP contribution in [0.2, 0.25) is 0 Å². The second kappa shape index (κ2) is 59.3. The second-order valence-corrected chi connectivity index (χ2v) is 22.9. The van der Waals surface area contributed by atoms with E-state index in [0.717, 1.165) is 63.7 Å². The first-order chi connectivity index (χ1) is 34.9. The van der Waals surface area contributed by atoms with Gasteiger partial charge in [0.15, 0.2) is 6.10 Å². The number of carbonyl (C=O) groups is 3. The van der Waals surface area contributed by atoms with Gasteiger partial charge in [0.25, 0.3) is 0 Å². The lowest BCUT2D eigenvalue weighted by molar-refractivity contribution is -0.167. The van der Waals surface area contributed by atoms with Crippen LogP contribution in [-0.4, -0.2) is 37.2 Å². The maximum Gasteiger partial charge on any atom is 0.306 e. The molecule has 0 aromatic carbocycles. The molecule has 71 heavy (non-hydrogen) atoms. The van der Waals surface area contributed by atoms with Crippen molar-refractivity contribution in [3.63, 3.8) is 0 Å². The Labute approximate surface area is 444 Å². The van der Waals surface area contributed by atoms with E-state index >= 15 is 0 Å². The van der Waals surface area contributed by atoms with Crippen molar-refractivity contribution in [1.82, 2.24) is 0 Å². The van der Waals surface area contributed by atoms with Crippen LogP contribution in [0.4, 0.5) is 0 Å². The highest BCUT2D eigenvalue weighted by molar-refractivity contribution is 5.71. The molecule has 0 aliphatic heterocycles. The SMILES string of the molecule is CCCCCCCCCCCCCCCCCCCCCC(=O)OC[C@@H](COC(=O)CCCCCCCCCCCCCCC)OC(=O)CCCCCCCCCCCCCCCCCCCCC(C)C. The Morgan fingerprint density at radius 3 is 0.690 bits per heavy atom. The minimum absolute atomic E-state index is 0.0610. The zero-order valence-corrected chi connectivity index (χ0v) is 48.7. The summed E-state index contributed by atoms with van der Waals surface area (Å²) in [5.41, 5.74) is 0. The summed E-state index contributed by atoms with van der Waals surface area (Å²) in [7, 11) is 0. The predicted octanol–water partition coefficient (Wildman–Crippen LogP) is 21.7. The average molecular weight is 1000 g/mol. The van der Waals surface area contributed by atoms with Gasteiger partial charge < -0.3 is 14.2 Å². The zero-order valence-electron chi connectivity index (χ0n) is 48.7. The van der Waals surface area contributed by atoms with E-state index in [1.807, 2.05) is 0 Å². The van der Waals surface area contributed by atoms with Gasteiger partial charge in [-0.05, 0) is 25.2 Å². The highest BCUT2D eigenvalue weighted by atomic mass is 16.6. The maximum atomic E-state index is 12.9. The highest BCUT2D eigenvalue weighted by Gasteiger charge is 2.19. The van der Waals surface area contributed by atoms with Gasteiger partial charge >= 0.3 is 17.9 Å². The molecular formula is C65H126O6. The Kier molecular flexibility index (Phi) is 58.0. The third-order valence-corrected chi connectivity index (χ3v) is 15.0. The van der Waals surface area contributed by atoms with E-state index in [2.05, 4.69) is 27.7 Å². The molecule has 6 heteroatoms. The number of esters is 3. The zero-order chi connectivity index (χ0) is 51.6. The van der Waals surface area contributed by atoms with Crippen molar-refractivity contribution >= 4 is 17.9 Å². The molecule has 0 aromatic heterocycles. The monoisotopic (exact) mass is 1000 g/mol. The average Bonchev–Trinajstić information content (AvgIpc) is 3.36. The third-order valence-electron chi connectivity index (χ3n) is 15.0. The number of hydrogen-bond acceptors (Lipinski definition) is 6. The molecule has 0 aromatic rings. The first-order valence-corrected chi connectivity index (χ1v) is 32.4. The fourth-order valence-electron chi connectivity index (χ4n) is 10.2. The van der Waals surface area contributed by atoms with E-state index in [9.17, 15) is 14.4 Å². The van der Waals surface area contributed by atoms with Crippen LogP contribution < -0.4 is 0 Å². The van der Waals surface area contributed by atoms with E-state index in [4.69, 9.17) is 14.2 Å². The first kappa shape index (κ1) is 69.4. The smallest absolute Gasteiger partial charge is 0.306 e.